The zero-order chi connectivity index (χ0) is 12.4. The molecule has 1 aliphatic heterocycles. The number of rotatable bonds is 3. The molecule has 1 atom stereocenters. The van der Waals surface area contributed by atoms with Crippen LogP contribution in [0.2, 0.25) is 0 Å². The van der Waals surface area contributed by atoms with Gasteiger partial charge in [-0.25, -0.2) is 4.98 Å². The molecule has 18 heavy (non-hydrogen) atoms. The first-order valence-electron chi connectivity index (χ1n) is 6.05. The molecule has 96 valence electrons. The number of nitrogens with one attached hydrogen (secondary N) is 2. The first-order valence-corrected chi connectivity index (χ1v) is 6.05. The van der Waals surface area contributed by atoms with E-state index in [2.05, 4.69) is 25.7 Å². The fraction of sp³-hybridized carbons (Fsp3) is 0.545. The third-order valence-electron chi connectivity index (χ3n) is 2.91. The molecule has 1 aliphatic rings. The molecule has 3 heterocycles. The minimum absolute atomic E-state index is 0.325. The summed E-state index contributed by atoms with van der Waals surface area (Å²) >= 11 is 0. The van der Waals surface area contributed by atoms with Gasteiger partial charge < -0.3 is 15.4 Å². The van der Waals surface area contributed by atoms with Crippen LogP contribution in [0.25, 0.3) is 5.78 Å². The quantitative estimate of drug-likeness (QED) is 0.785. The van der Waals surface area contributed by atoms with E-state index in [9.17, 15) is 0 Å². The van der Waals surface area contributed by atoms with Gasteiger partial charge in [0.25, 0.3) is 5.78 Å². The Morgan fingerprint density at radius 3 is 3.39 bits per heavy atom. The Morgan fingerprint density at radius 2 is 2.56 bits per heavy atom. The fourth-order valence-electron chi connectivity index (χ4n) is 2.04. The third kappa shape index (κ3) is 2.27. The molecule has 0 amide bonds. The van der Waals surface area contributed by atoms with Gasteiger partial charge >= 0.3 is 0 Å². The highest BCUT2D eigenvalue weighted by Crippen LogP contribution is 2.10. The normalized spacial score (nSPS) is 20.2. The smallest absolute Gasteiger partial charge is 0.254 e. The molecule has 1 saturated heterocycles. The summed E-state index contributed by atoms with van der Waals surface area (Å²) < 4.78 is 7.12. The Hall–Kier alpha value is -1.73. The van der Waals surface area contributed by atoms with Crippen LogP contribution in [0.5, 0.6) is 0 Å². The van der Waals surface area contributed by atoms with Crippen LogP contribution in [0, 0.1) is 6.92 Å². The van der Waals surface area contributed by atoms with Crippen LogP contribution in [0.1, 0.15) is 5.69 Å². The average Bonchev–Trinajstić information content (AvgIpc) is 2.85. The number of aryl methyl sites for hydroxylation is 1. The van der Waals surface area contributed by atoms with E-state index in [1.807, 2.05) is 13.0 Å². The molecule has 2 aromatic heterocycles. The van der Waals surface area contributed by atoms with E-state index in [-0.39, 0.29) is 0 Å². The third-order valence-corrected chi connectivity index (χ3v) is 2.91. The van der Waals surface area contributed by atoms with Crippen molar-refractivity contribution < 1.29 is 4.74 Å². The zero-order valence-corrected chi connectivity index (χ0v) is 10.3. The number of morpholine rings is 1. The van der Waals surface area contributed by atoms with Crippen LogP contribution in [-0.2, 0) is 4.74 Å². The van der Waals surface area contributed by atoms with Crippen molar-refractivity contribution in [2.24, 2.45) is 0 Å². The van der Waals surface area contributed by atoms with Gasteiger partial charge in [0.1, 0.15) is 12.1 Å². The molecule has 1 fully saturated rings. The molecule has 7 heteroatoms. The first-order chi connectivity index (χ1) is 8.83. The second-order valence-corrected chi connectivity index (χ2v) is 4.36. The molecule has 0 spiro atoms. The predicted molar refractivity (Wildman–Crippen MR) is 66.6 cm³/mol. The zero-order valence-electron chi connectivity index (χ0n) is 10.3. The lowest BCUT2D eigenvalue weighted by Gasteiger charge is -2.24. The van der Waals surface area contributed by atoms with Gasteiger partial charge in [-0.15, -0.1) is 0 Å². The fourth-order valence-corrected chi connectivity index (χ4v) is 2.04. The summed E-state index contributed by atoms with van der Waals surface area (Å²) in [6.45, 7) is 5.16. The number of aromatic nitrogens is 4. The summed E-state index contributed by atoms with van der Waals surface area (Å²) in [5.41, 5.74) is 0.922. The van der Waals surface area contributed by atoms with E-state index in [1.165, 1.54) is 6.33 Å². The Morgan fingerprint density at radius 1 is 1.61 bits per heavy atom. The van der Waals surface area contributed by atoms with Crippen molar-refractivity contribution in [2.45, 2.75) is 13.0 Å². The summed E-state index contributed by atoms with van der Waals surface area (Å²) in [5, 5.41) is 10.9. The molecule has 0 aliphatic carbocycles. The maximum Gasteiger partial charge on any atom is 0.254 e. The van der Waals surface area contributed by atoms with Gasteiger partial charge in [0.05, 0.1) is 13.2 Å². The van der Waals surface area contributed by atoms with Gasteiger partial charge in [-0.05, 0) is 6.92 Å². The van der Waals surface area contributed by atoms with Crippen molar-refractivity contribution >= 4 is 11.6 Å². The summed E-state index contributed by atoms with van der Waals surface area (Å²) in [6, 6.07) is 2.29. The summed E-state index contributed by atoms with van der Waals surface area (Å²) in [7, 11) is 0. The molecule has 2 aromatic rings. The Bertz CT molecular complexity index is 533. The summed E-state index contributed by atoms with van der Waals surface area (Å²) in [4.78, 5) is 8.40. The monoisotopic (exact) mass is 248 g/mol. The van der Waals surface area contributed by atoms with Gasteiger partial charge in [-0.2, -0.15) is 14.6 Å². The summed E-state index contributed by atoms with van der Waals surface area (Å²) in [6.07, 6.45) is 1.51. The van der Waals surface area contributed by atoms with Gasteiger partial charge in [0.15, 0.2) is 0 Å². The number of anilines is 1. The number of nitrogens with zero attached hydrogens (tertiary/aromatic N) is 4. The van der Waals surface area contributed by atoms with E-state index >= 15 is 0 Å². The minimum Gasteiger partial charge on any atom is -0.378 e. The van der Waals surface area contributed by atoms with Crippen LogP contribution in [0.15, 0.2) is 12.4 Å². The molecule has 0 saturated carbocycles. The molecule has 0 bridgehead atoms. The van der Waals surface area contributed by atoms with Crippen molar-refractivity contribution in [1.29, 1.82) is 0 Å². The van der Waals surface area contributed by atoms with Gasteiger partial charge in [0, 0.05) is 30.9 Å². The number of hydrogen-bond donors (Lipinski definition) is 2. The molecule has 0 aromatic carbocycles. The van der Waals surface area contributed by atoms with Crippen LogP contribution < -0.4 is 10.6 Å². The Labute approximate surface area is 105 Å². The number of fused-ring (bicyclic) bond motifs is 1. The second kappa shape index (κ2) is 4.87. The van der Waals surface area contributed by atoms with E-state index in [0.717, 1.165) is 37.8 Å². The van der Waals surface area contributed by atoms with Crippen LogP contribution >= 0.6 is 0 Å². The lowest BCUT2D eigenvalue weighted by atomic mass is 10.3. The van der Waals surface area contributed by atoms with E-state index < -0.39 is 0 Å². The molecule has 7 nitrogen and oxygen atoms in total. The van der Waals surface area contributed by atoms with Gasteiger partial charge in [-0.1, -0.05) is 0 Å². The van der Waals surface area contributed by atoms with E-state index in [1.54, 1.807) is 4.52 Å². The van der Waals surface area contributed by atoms with E-state index in [0.29, 0.717) is 11.8 Å². The highest BCUT2D eigenvalue weighted by Gasteiger charge is 2.13. The van der Waals surface area contributed by atoms with Gasteiger partial charge in [0.2, 0.25) is 0 Å². The van der Waals surface area contributed by atoms with Crippen molar-refractivity contribution in [2.75, 3.05) is 31.6 Å². The lowest BCUT2D eigenvalue weighted by Crippen LogP contribution is -2.45. The highest BCUT2D eigenvalue weighted by atomic mass is 16.5. The van der Waals surface area contributed by atoms with Crippen molar-refractivity contribution in [3.8, 4) is 0 Å². The maximum absolute atomic E-state index is 5.42. The first kappa shape index (κ1) is 11.4. The number of hydrogen-bond acceptors (Lipinski definition) is 6. The second-order valence-electron chi connectivity index (χ2n) is 4.36. The van der Waals surface area contributed by atoms with Crippen LogP contribution in [0.3, 0.4) is 0 Å². The standard InChI is InChI=1S/C11H16N6O/c1-8-4-10(17-11(16-8)14-7-15-17)13-5-9-6-18-3-2-12-9/h4,7,9,12-13H,2-3,5-6H2,1H3. The van der Waals surface area contributed by atoms with Crippen LogP contribution in [0.4, 0.5) is 5.82 Å². The van der Waals surface area contributed by atoms with Crippen LogP contribution in [-0.4, -0.2) is 51.9 Å². The molecule has 0 radical (unpaired) electrons. The topological polar surface area (TPSA) is 76.4 Å². The molecular weight excluding hydrogens is 232 g/mol. The highest BCUT2D eigenvalue weighted by molar-refractivity contribution is 5.44. The van der Waals surface area contributed by atoms with E-state index in [4.69, 9.17) is 4.74 Å². The number of ether oxygens (including phenoxy) is 1. The van der Waals surface area contributed by atoms with Crippen molar-refractivity contribution in [3.05, 3.63) is 18.1 Å². The molecule has 1 unspecified atom stereocenters. The molecule has 3 rings (SSSR count). The molecular formula is C11H16N6O. The summed E-state index contributed by atoms with van der Waals surface area (Å²) in [5.74, 6) is 1.52. The van der Waals surface area contributed by atoms with Crippen molar-refractivity contribution in [3.63, 3.8) is 0 Å². The van der Waals surface area contributed by atoms with Crippen molar-refractivity contribution in [1.82, 2.24) is 24.9 Å². The molecule has 2 N–H and O–H groups in total. The Kier molecular flexibility index (Phi) is 3.07. The van der Waals surface area contributed by atoms with Gasteiger partial charge in [-0.3, -0.25) is 0 Å². The minimum atomic E-state index is 0.325. The maximum atomic E-state index is 5.42. The average molecular weight is 248 g/mol. The largest absolute Gasteiger partial charge is 0.378 e. The Balaban J connectivity index is 1.75. The SMILES string of the molecule is Cc1cc(NCC2COCCN2)n2ncnc2n1. The lowest BCUT2D eigenvalue weighted by molar-refractivity contribution is 0.0806. The predicted octanol–water partition coefficient (Wildman–Crippen LogP) is -0.167.